The average molecular weight is 282 g/mol. The van der Waals surface area contributed by atoms with Crippen LogP contribution < -0.4 is 0 Å². The van der Waals surface area contributed by atoms with Crippen LogP contribution in [-0.4, -0.2) is 28.7 Å². The van der Waals surface area contributed by atoms with Gasteiger partial charge in [0, 0.05) is 12.1 Å². The summed E-state index contributed by atoms with van der Waals surface area (Å²) < 4.78 is 0. The topological polar surface area (TPSA) is 37.4 Å². The van der Waals surface area contributed by atoms with Crippen molar-refractivity contribution in [2.45, 2.75) is 45.2 Å². The predicted molar refractivity (Wildman–Crippen MR) is 77.2 cm³/mol. The molecule has 1 aromatic carbocycles. The number of Topliss-reactive ketones (excluding diaryl/α,β-unsaturated/α-hetero) is 1. The highest BCUT2D eigenvalue weighted by atomic mass is 35.5. The molecule has 0 bridgehead atoms. The lowest BCUT2D eigenvalue weighted by atomic mass is 10.1. The minimum absolute atomic E-state index is 0.0314. The first-order valence-electron chi connectivity index (χ1n) is 6.41. The van der Waals surface area contributed by atoms with Crippen LogP contribution in [0.2, 0.25) is 0 Å². The van der Waals surface area contributed by atoms with E-state index in [2.05, 4.69) is 0 Å². The largest absolute Gasteiger partial charge is 0.331 e. The van der Waals surface area contributed by atoms with Crippen LogP contribution in [0.4, 0.5) is 0 Å². The van der Waals surface area contributed by atoms with Gasteiger partial charge in [0.15, 0.2) is 0 Å². The fraction of sp³-hybridized carbons (Fsp3) is 0.467. The molecule has 1 rings (SSSR count). The molecule has 0 fully saturated rings. The van der Waals surface area contributed by atoms with E-state index in [1.807, 2.05) is 33.8 Å². The third-order valence-corrected chi connectivity index (χ3v) is 3.33. The van der Waals surface area contributed by atoms with Crippen molar-refractivity contribution < 1.29 is 9.59 Å². The molecular formula is C15H20ClNO2. The van der Waals surface area contributed by atoms with Gasteiger partial charge in [-0.05, 0) is 33.3 Å². The highest BCUT2D eigenvalue weighted by Gasteiger charge is 2.31. The Morgan fingerprint density at radius 1 is 1.00 bits per heavy atom. The number of nitrogens with zero attached hydrogens (tertiary/aromatic N) is 1. The monoisotopic (exact) mass is 281 g/mol. The Kier molecular flexibility index (Phi) is 5.55. The van der Waals surface area contributed by atoms with Crippen molar-refractivity contribution in [1.82, 2.24) is 4.90 Å². The second-order valence-corrected chi connectivity index (χ2v) is 5.47. The molecule has 0 aliphatic carbocycles. The van der Waals surface area contributed by atoms with Crippen molar-refractivity contribution in [2.75, 3.05) is 0 Å². The number of carbonyl (C=O) groups excluding carboxylic acids is 2. The standard InChI is InChI=1S/C15H20ClNO2/c1-10(2)17(11(3)4)15(19)14(18)13(16)12-8-6-5-7-9-12/h5-11,13H,1-4H3. The van der Waals surface area contributed by atoms with Crippen LogP contribution in [0.15, 0.2) is 30.3 Å². The third kappa shape index (κ3) is 3.80. The number of hydrogen-bond acceptors (Lipinski definition) is 2. The summed E-state index contributed by atoms with van der Waals surface area (Å²) in [5, 5.41) is -0.923. The van der Waals surface area contributed by atoms with Gasteiger partial charge in [0.2, 0.25) is 5.78 Å². The number of hydrogen-bond donors (Lipinski definition) is 0. The summed E-state index contributed by atoms with van der Waals surface area (Å²) in [6.45, 7) is 7.54. The van der Waals surface area contributed by atoms with Crippen LogP contribution in [0.1, 0.15) is 38.6 Å². The Bertz CT molecular complexity index is 435. The molecule has 104 valence electrons. The van der Waals surface area contributed by atoms with E-state index in [9.17, 15) is 9.59 Å². The lowest BCUT2D eigenvalue weighted by Crippen LogP contribution is -2.46. The summed E-state index contributed by atoms with van der Waals surface area (Å²) in [6, 6.07) is 8.87. The second kappa shape index (κ2) is 6.71. The van der Waals surface area contributed by atoms with E-state index in [0.717, 1.165) is 0 Å². The van der Waals surface area contributed by atoms with Crippen molar-refractivity contribution in [3.8, 4) is 0 Å². The van der Waals surface area contributed by atoms with Gasteiger partial charge in [0.1, 0.15) is 5.38 Å². The van der Waals surface area contributed by atoms with Gasteiger partial charge in [-0.3, -0.25) is 9.59 Å². The van der Waals surface area contributed by atoms with E-state index in [4.69, 9.17) is 11.6 Å². The summed E-state index contributed by atoms with van der Waals surface area (Å²) in [5.41, 5.74) is 0.648. The molecule has 0 aliphatic rings. The first-order chi connectivity index (χ1) is 8.86. The van der Waals surface area contributed by atoms with Crippen molar-refractivity contribution in [2.24, 2.45) is 0 Å². The Labute approximate surface area is 119 Å². The number of amides is 1. The lowest BCUT2D eigenvalue weighted by molar-refractivity contribution is -0.147. The van der Waals surface area contributed by atoms with Gasteiger partial charge in [-0.1, -0.05) is 30.3 Å². The Balaban J connectivity index is 2.90. The molecule has 0 aliphatic heterocycles. The van der Waals surface area contributed by atoms with Crippen LogP contribution >= 0.6 is 11.6 Å². The molecule has 0 radical (unpaired) electrons. The highest BCUT2D eigenvalue weighted by Crippen LogP contribution is 2.23. The first kappa shape index (κ1) is 15.7. The molecule has 0 aromatic heterocycles. The summed E-state index contributed by atoms with van der Waals surface area (Å²) >= 11 is 6.11. The minimum atomic E-state index is -0.923. The molecule has 0 spiro atoms. The van der Waals surface area contributed by atoms with Gasteiger partial charge in [-0.25, -0.2) is 0 Å². The van der Waals surface area contributed by atoms with Crippen LogP contribution in [0.25, 0.3) is 0 Å². The lowest BCUT2D eigenvalue weighted by Gasteiger charge is -2.30. The average Bonchev–Trinajstić information content (AvgIpc) is 2.37. The smallest absolute Gasteiger partial charge is 0.292 e. The zero-order valence-electron chi connectivity index (χ0n) is 11.8. The molecule has 1 aromatic rings. The number of alkyl halides is 1. The highest BCUT2D eigenvalue weighted by molar-refractivity contribution is 6.48. The molecule has 0 saturated heterocycles. The fourth-order valence-corrected chi connectivity index (χ4v) is 2.31. The second-order valence-electron chi connectivity index (χ2n) is 5.04. The van der Waals surface area contributed by atoms with E-state index < -0.39 is 17.1 Å². The van der Waals surface area contributed by atoms with Crippen LogP contribution in [0, 0.1) is 0 Å². The van der Waals surface area contributed by atoms with Gasteiger partial charge in [0.05, 0.1) is 0 Å². The number of carbonyl (C=O) groups is 2. The van der Waals surface area contributed by atoms with Gasteiger partial charge < -0.3 is 4.90 Å². The van der Waals surface area contributed by atoms with Gasteiger partial charge >= 0.3 is 0 Å². The summed E-state index contributed by atoms with van der Waals surface area (Å²) in [6.07, 6.45) is 0. The van der Waals surface area contributed by atoms with Gasteiger partial charge in [-0.15, -0.1) is 11.6 Å². The predicted octanol–water partition coefficient (Wildman–Crippen LogP) is 3.18. The SMILES string of the molecule is CC(C)N(C(=O)C(=O)C(Cl)c1ccccc1)C(C)C. The zero-order chi connectivity index (χ0) is 14.6. The van der Waals surface area contributed by atoms with E-state index in [1.165, 1.54) is 0 Å². The summed E-state index contributed by atoms with van der Waals surface area (Å²) in [4.78, 5) is 26.0. The molecule has 3 nitrogen and oxygen atoms in total. The van der Waals surface area contributed by atoms with Crippen molar-refractivity contribution >= 4 is 23.3 Å². The Morgan fingerprint density at radius 3 is 1.89 bits per heavy atom. The molecule has 0 heterocycles. The molecular weight excluding hydrogens is 262 g/mol. The zero-order valence-corrected chi connectivity index (χ0v) is 12.5. The van der Waals surface area contributed by atoms with Crippen molar-refractivity contribution in [3.05, 3.63) is 35.9 Å². The molecule has 1 unspecified atom stereocenters. The number of rotatable bonds is 5. The molecule has 0 saturated carbocycles. The number of benzene rings is 1. The van der Waals surface area contributed by atoms with E-state index in [-0.39, 0.29) is 12.1 Å². The van der Waals surface area contributed by atoms with E-state index in [1.54, 1.807) is 29.2 Å². The van der Waals surface area contributed by atoms with Crippen molar-refractivity contribution in [1.29, 1.82) is 0 Å². The van der Waals surface area contributed by atoms with E-state index in [0.29, 0.717) is 5.56 Å². The molecule has 19 heavy (non-hydrogen) atoms. The quantitative estimate of drug-likeness (QED) is 0.614. The minimum Gasteiger partial charge on any atom is -0.331 e. The molecule has 1 atom stereocenters. The first-order valence-corrected chi connectivity index (χ1v) is 6.85. The third-order valence-electron chi connectivity index (χ3n) is 2.88. The molecule has 0 N–H and O–H groups in total. The van der Waals surface area contributed by atoms with Gasteiger partial charge in [0.25, 0.3) is 5.91 Å². The normalized spacial score (nSPS) is 12.6. The summed E-state index contributed by atoms with van der Waals surface area (Å²) in [7, 11) is 0. The summed E-state index contributed by atoms with van der Waals surface area (Å²) in [5.74, 6) is -1.09. The number of ketones is 1. The number of halogens is 1. The Morgan fingerprint density at radius 2 is 1.47 bits per heavy atom. The fourth-order valence-electron chi connectivity index (χ4n) is 2.07. The van der Waals surface area contributed by atoms with Crippen LogP contribution in [-0.2, 0) is 9.59 Å². The maximum Gasteiger partial charge on any atom is 0.292 e. The maximum absolute atomic E-state index is 12.2. The van der Waals surface area contributed by atoms with Crippen molar-refractivity contribution in [3.63, 3.8) is 0 Å². The van der Waals surface area contributed by atoms with Gasteiger partial charge in [-0.2, -0.15) is 0 Å². The van der Waals surface area contributed by atoms with Crippen LogP contribution in [0.5, 0.6) is 0 Å². The van der Waals surface area contributed by atoms with E-state index >= 15 is 0 Å². The molecule has 4 heteroatoms. The Hall–Kier alpha value is -1.35. The molecule has 1 amide bonds. The maximum atomic E-state index is 12.2. The van der Waals surface area contributed by atoms with Crippen LogP contribution in [0.3, 0.4) is 0 Å².